The SMILES string of the molecule is CCCCCCOC(=O)C(C)C(CC)COC=O. The highest BCUT2D eigenvalue weighted by Crippen LogP contribution is 2.17. The first-order chi connectivity index (χ1) is 8.67. The first kappa shape index (κ1) is 16.9. The maximum Gasteiger partial charge on any atom is 0.309 e. The van der Waals surface area contributed by atoms with Crippen LogP contribution in [0.15, 0.2) is 0 Å². The standard InChI is InChI=1S/C14H26O4/c1-4-6-7-8-9-18-14(16)12(3)13(5-2)10-17-11-15/h11-13H,4-10H2,1-3H3. The van der Waals surface area contributed by atoms with E-state index in [4.69, 9.17) is 9.47 Å². The van der Waals surface area contributed by atoms with Crippen molar-refractivity contribution in [1.82, 2.24) is 0 Å². The van der Waals surface area contributed by atoms with Crippen molar-refractivity contribution in [2.24, 2.45) is 11.8 Å². The zero-order valence-corrected chi connectivity index (χ0v) is 11.8. The predicted octanol–water partition coefficient (Wildman–Crippen LogP) is 2.95. The lowest BCUT2D eigenvalue weighted by Gasteiger charge is -2.20. The molecule has 4 nitrogen and oxygen atoms in total. The molecule has 4 heteroatoms. The summed E-state index contributed by atoms with van der Waals surface area (Å²) in [6.07, 6.45) is 5.17. The summed E-state index contributed by atoms with van der Waals surface area (Å²) >= 11 is 0. The smallest absolute Gasteiger partial charge is 0.309 e. The summed E-state index contributed by atoms with van der Waals surface area (Å²) in [6.45, 7) is 7.15. The summed E-state index contributed by atoms with van der Waals surface area (Å²) in [5, 5.41) is 0. The molecule has 2 atom stereocenters. The summed E-state index contributed by atoms with van der Waals surface area (Å²) in [6, 6.07) is 0. The second-order valence-electron chi connectivity index (χ2n) is 4.61. The van der Waals surface area contributed by atoms with E-state index in [1.54, 1.807) is 0 Å². The highest BCUT2D eigenvalue weighted by molar-refractivity contribution is 5.72. The van der Waals surface area contributed by atoms with Crippen LogP contribution in [0.4, 0.5) is 0 Å². The van der Waals surface area contributed by atoms with E-state index in [2.05, 4.69) is 6.92 Å². The van der Waals surface area contributed by atoms with Crippen molar-refractivity contribution in [3.8, 4) is 0 Å². The number of hydrogen-bond acceptors (Lipinski definition) is 4. The number of unbranched alkanes of at least 4 members (excludes halogenated alkanes) is 3. The molecular weight excluding hydrogens is 232 g/mol. The molecule has 0 aromatic carbocycles. The van der Waals surface area contributed by atoms with Gasteiger partial charge in [-0.15, -0.1) is 0 Å². The van der Waals surface area contributed by atoms with Crippen LogP contribution in [0.5, 0.6) is 0 Å². The van der Waals surface area contributed by atoms with Gasteiger partial charge in [0.1, 0.15) is 0 Å². The van der Waals surface area contributed by atoms with Crippen molar-refractivity contribution < 1.29 is 19.1 Å². The van der Waals surface area contributed by atoms with Gasteiger partial charge in [0, 0.05) is 5.92 Å². The Balaban J connectivity index is 3.87. The minimum absolute atomic E-state index is 0.0401. The van der Waals surface area contributed by atoms with Crippen LogP contribution in [0.25, 0.3) is 0 Å². The molecule has 0 aliphatic heterocycles. The Hall–Kier alpha value is -1.06. The molecule has 0 aromatic heterocycles. The fourth-order valence-corrected chi connectivity index (χ4v) is 1.80. The van der Waals surface area contributed by atoms with Crippen LogP contribution in [0.2, 0.25) is 0 Å². The molecule has 0 radical (unpaired) electrons. The fourth-order valence-electron chi connectivity index (χ4n) is 1.80. The molecular formula is C14H26O4. The van der Waals surface area contributed by atoms with E-state index in [0.717, 1.165) is 19.3 Å². The Morgan fingerprint density at radius 3 is 2.50 bits per heavy atom. The second kappa shape index (κ2) is 11.1. The second-order valence-corrected chi connectivity index (χ2v) is 4.61. The molecule has 0 aliphatic carbocycles. The maximum atomic E-state index is 11.8. The van der Waals surface area contributed by atoms with Gasteiger partial charge in [0.05, 0.1) is 19.1 Å². The summed E-state index contributed by atoms with van der Waals surface area (Å²) in [4.78, 5) is 21.9. The first-order valence-electron chi connectivity index (χ1n) is 6.89. The minimum Gasteiger partial charge on any atom is -0.468 e. The summed E-state index contributed by atoms with van der Waals surface area (Å²) in [5.41, 5.74) is 0. The molecule has 0 bridgehead atoms. The number of hydrogen-bond donors (Lipinski definition) is 0. The Morgan fingerprint density at radius 1 is 1.22 bits per heavy atom. The monoisotopic (exact) mass is 258 g/mol. The Bertz CT molecular complexity index is 228. The van der Waals surface area contributed by atoms with Crippen molar-refractivity contribution in [3.63, 3.8) is 0 Å². The number of esters is 1. The van der Waals surface area contributed by atoms with Gasteiger partial charge in [-0.05, 0) is 12.8 Å². The normalized spacial score (nSPS) is 13.7. The molecule has 0 aromatic rings. The van der Waals surface area contributed by atoms with Crippen LogP contribution in [0.1, 0.15) is 52.9 Å². The van der Waals surface area contributed by atoms with Crippen LogP contribution in [-0.4, -0.2) is 25.7 Å². The molecule has 0 saturated carbocycles. The van der Waals surface area contributed by atoms with E-state index in [1.807, 2.05) is 13.8 Å². The van der Waals surface area contributed by atoms with Crippen LogP contribution in [0.3, 0.4) is 0 Å². The molecule has 0 saturated heterocycles. The maximum absolute atomic E-state index is 11.8. The minimum atomic E-state index is -0.221. The number of ether oxygens (including phenoxy) is 2. The van der Waals surface area contributed by atoms with E-state index >= 15 is 0 Å². The van der Waals surface area contributed by atoms with Gasteiger partial charge in [-0.25, -0.2) is 0 Å². The average molecular weight is 258 g/mol. The molecule has 0 aliphatic rings. The molecule has 106 valence electrons. The lowest BCUT2D eigenvalue weighted by molar-refractivity contribution is -0.152. The van der Waals surface area contributed by atoms with Gasteiger partial charge in [-0.3, -0.25) is 9.59 Å². The van der Waals surface area contributed by atoms with E-state index < -0.39 is 0 Å². The van der Waals surface area contributed by atoms with E-state index in [1.165, 1.54) is 12.8 Å². The van der Waals surface area contributed by atoms with Crippen molar-refractivity contribution in [1.29, 1.82) is 0 Å². The molecule has 0 rings (SSSR count). The van der Waals surface area contributed by atoms with E-state index in [0.29, 0.717) is 13.1 Å². The molecule has 18 heavy (non-hydrogen) atoms. The third-order valence-electron chi connectivity index (χ3n) is 3.22. The molecule has 0 heterocycles. The summed E-state index contributed by atoms with van der Waals surface area (Å²) < 4.78 is 9.96. The molecule has 0 amide bonds. The first-order valence-corrected chi connectivity index (χ1v) is 6.89. The molecule has 0 fully saturated rings. The summed E-state index contributed by atoms with van der Waals surface area (Å²) in [5.74, 6) is -0.368. The average Bonchev–Trinajstić information content (AvgIpc) is 2.38. The topological polar surface area (TPSA) is 52.6 Å². The molecule has 2 unspecified atom stereocenters. The van der Waals surface area contributed by atoms with Crippen LogP contribution in [0, 0.1) is 11.8 Å². The lowest BCUT2D eigenvalue weighted by Crippen LogP contribution is -2.26. The van der Waals surface area contributed by atoms with Crippen molar-refractivity contribution in [3.05, 3.63) is 0 Å². The Labute approximate surface area is 110 Å². The Morgan fingerprint density at radius 2 is 1.94 bits per heavy atom. The number of rotatable bonds is 11. The summed E-state index contributed by atoms with van der Waals surface area (Å²) in [7, 11) is 0. The van der Waals surface area contributed by atoms with E-state index in [9.17, 15) is 9.59 Å². The highest BCUT2D eigenvalue weighted by Gasteiger charge is 2.24. The largest absolute Gasteiger partial charge is 0.468 e. The predicted molar refractivity (Wildman–Crippen MR) is 70.1 cm³/mol. The third kappa shape index (κ3) is 7.30. The van der Waals surface area contributed by atoms with Gasteiger partial charge >= 0.3 is 5.97 Å². The Kier molecular flexibility index (Phi) is 10.4. The molecule has 0 N–H and O–H groups in total. The van der Waals surface area contributed by atoms with Crippen molar-refractivity contribution in [2.45, 2.75) is 52.9 Å². The third-order valence-corrected chi connectivity index (χ3v) is 3.22. The van der Waals surface area contributed by atoms with Gasteiger partial charge < -0.3 is 9.47 Å². The van der Waals surface area contributed by atoms with Gasteiger partial charge in [0.2, 0.25) is 0 Å². The van der Waals surface area contributed by atoms with Gasteiger partial charge in [0.25, 0.3) is 6.47 Å². The van der Waals surface area contributed by atoms with Gasteiger partial charge in [-0.2, -0.15) is 0 Å². The zero-order chi connectivity index (χ0) is 13.8. The van der Waals surface area contributed by atoms with E-state index in [-0.39, 0.29) is 24.4 Å². The van der Waals surface area contributed by atoms with Gasteiger partial charge in [-0.1, -0.05) is 40.0 Å². The van der Waals surface area contributed by atoms with Crippen LogP contribution in [-0.2, 0) is 19.1 Å². The quantitative estimate of drug-likeness (QED) is 0.325. The number of carbonyl (C=O) groups excluding carboxylic acids is 2. The lowest BCUT2D eigenvalue weighted by atomic mass is 9.92. The van der Waals surface area contributed by atoms with Gasteiger partial charge in [0.15, 0.2) is 0 Å². The number of carbonyl (C=O) groups is 2. The van der Waals surface area contributed by atoms with Crippen molar-refractivity contribution in [2.75, 3.05) is 13.2 Å². The fraction of sp³-hybridized carbons (Fsp3) is 0.857. The zero-order valence-electron chi connectivity index (χ0n) is 11.8. The van der Waals surface area contributed by atoms with Crippen LogP contribution < -0.4 is 0 Å². The molecule has 0 spiro atoms. The van der Waals surface area contributed by atoms with Crippen LogP contribution >= 0.6 is 0 Å². The highest BCUT2D eigenvalue weighted by atomic mass is 16.5. The van der Waals surface area contributed by atoms with Crippen molar-refractivity contribution >= 4 is 12.4 Å².